The Morgan fingerprint density at radius 2 is 1.81 bits per heavy atom. The van der Waals surface area contributed by atoms with Gasteiger partial charge in [-0.25, -0.2) is 4.79 Å². The quantitative estimate of drug-likeness (QED) is 0.277. The average Bonchev–Trinajstić information content (AvgIpc) is 3.23. The van der Waals surface area contributed by atoms with E-state index >= 15 is 0 Å². The molecule has 0 bridgehead atoms. The van der Waals surface area contributed by atoms with Crippen molar-refractivity contribution in [1.29, 1.82) is 0 Å². The lowest BCUT2D eigenvalue weighted by molar-refractivity contribution is 0.135. The number of rotatable bonds is 8. The Bertz CT molecular complexity index is 1290. The fourth-order valence-corrected chi connectivity index (χ4v) is 4.88. The Hall–Kier alpha value is -2.60. The number of nitrogens with zero attached hydrogens (tertiary/aromatic N) is 1. The molecule has 190 valence electrons. The van der Waals surface area contributed by atoms with Crippen LogP contribution in [0.5, 0.6) is 11.5 Å². The van der Waals surface area contributed by atoms with Crippen LogP contribution in [-0.4, -0.2) is 40.9 Å². The lowest BCUT2D eigenvalue weighted by Crippen LogP contribution is -2.43. The molecule has 1 aliphatic heterocycles. The van der Waals surface area contributed by atoms with E-state index in [1.165, 1.54) is 5.56 Å². The van der Waals surface area contributed by atoms with Crippen LogP contribution in [0, 0.1) is 0 Å². The third-order valence-corrected chi connectivity index (χ3v) is 6.76. The topological polar surface area (TPSA) is 54.6 Å². The van der Waals surface area contributed by atoms with Crippen LogP contribution < -0.4 is 20.0 Å². The Morgan fingerprint density at radius 1 is 1.08 bits per heavy atom. The minimum Gasteiger partial charge on any atom is -0.494 e. The molecule has 0 saturated heterocycles. The van der Waals surface area contributed by atoms with Crippen LogP contribution in [0.15, 0.2) is 48.5 Å². The predicted octanol–water partition coefficient (Wildman–Crippen LogP) is 6.03. The van der Waals surface area contributed by atoms with Gasteiger partial charge < -0.3 is 14.5 Å². The van der Waals surface area contributed by atoms with Gasteiger partial charge in [0.25, 0.3) is 0 Å². The van der Waals surface area contributed by atoms with E-state index in [-0.39, 0.29) is 6.04 Å². The second kappa shape index (κ2) is 12.6. The summed E-state index contributed by atoms with van der Waals surface area (Å²) in [6, 6.07) is 14.3. The number of halogens is 3. The van der Waals surface area contributed by atoms with Crippen LogP contribution in [0.1, 0.15) is 42.6 Å². The van der Waals surface area contributed by atoms with Gasteiger partial charge in [0.15, 0.2) is 0 Å². The molecule has 0 fully saturated rings. The minimum absolute atomic E-state index is 0.355. The van der Waals surface area contributed by atoms with Gasteiger partial charge in [0.1, 0.15) is 17.5 Å². The van der Waals surface area contributed by atoms with Gasteiger partial charge in [-0.15, -0.1) is 23.2 Å². The van der Waals surface area contributed by atoms with Crippen molar-refractivity contribution in [2.24, 2.45) is 0 Å². The second-order valence-corrected chi connectivity index (χ2v) is 9.57. The van der Waals surface area contributed by atoms with E-state index in [4.69, 9.17) is 44.3 Å². The molecular formula is C28H29Cl3N2O3. The molecular weight excluding hydrogens is 519 g/mol. The first kappa shape index (κ1) is 26.5. The smallest absolute Gasteiger partial charge is 0.416 e. The normalized spacial score (nSPS) is 16.2. The standard InChI is InChI=1S/C28H29Cl3N2O3/c1-2-4-25-23(13-16-30)24-14-17-33(28(34)36-22-11-7-20(31)8-12-22)27(26(24)32-25)19-5-9-21(10-6-19)35-18-3-15-29/h4-13,27,32H,2-3,14-18H2,1H3/b23-13-,25-4+. The fraction of sp³-hybridized carbons (Fsp3) is 0.321. The number of hydrogen-bond acceptors (Lipinski definition) is 3. The van der Waals surface area contributed by atoms with Crippen molar-refractivity contribution < 1.29 is 14.3 Å². The maximum atomic E-state index is 13.4. The first-order valence-corrected chi connectivity index (χ1v) is 13.5. The summed E-state index contributed by atoms with van der Waals surface area (Å²) in [5, 5.41) is 2.72. The number of hydrogen-bond donors (Lipinski definition) is 1. The highest BCUT2D eigenvalue weighted by molar-refractivity contribution is 6.30. The summed E-state index contributed by atoms with van der Waals surface area (Å²) in [5.74, 6) is 2.17. The zero-order valence-corrected chi connectivity index (χ0v) is 22.4. The van der Waals surface area contributed by atoms with Crippen molar-refractivity contribution in [1.82, 2.24) is 9.88 Å². The molecule has 1 unspecified atom stereocenters. The summed E-state index contributed by atoms with van der Waals surface area (Å²) in [7, 11) is 0. The number of alkyl halides is 2. The van der Waals surface area contributed by atoms with Crippen molar-refractivity contribution in [2.75, 3.05) is 24.9 Å². The van der Waals surface area contributed by atoms with Gasteiger partial charge in [-0.1, -0.05) is 42.8 Å². The van der Waals surface area contributed by atoms with E-state index in [2.05, 4.69) is 18.0 Å². The largest absolute Gasteiger partial charge is 0.494 e. The number of benzene rings is 2. The fourth-order valence-electron chi connectivity index (χ4n) is 4.49. The molecule has 1 amide bonds. The number of H-pyrrole nitrogens is 1. The summed E-state index contributed by atoms with van der Waals surface area (Å²) < 4.78 is 11.5. The second-order valence-electron chi connectivity index (χ2n) is 8.44. The maximum absolute atomic E-state index is 13.4. The van der Waals surface area contributed by atoms with E-state index in [9.17, 15) is 4.79 Å². The number of aromatic amines is 1. The van der Waals surface area contributed by atoms with Crippen LogP contribution in [0.4, 0.5) is 4.79 Å². The lowest BCUT2D eigenvalue weighted by Gasteiger charge is -2.35. The van der Waals surface area contributed by atoms with E-state index in [0.717, 1.165) is 40.4 Å². The predicted molar refractivity (Wildman–Crippen MR) is 147 cm³/mol. The SMILES string of the molecule is CC/C=c1/[nH]c2c(/c1=C/CCl)CCN(C(=O)Oc1ccc(Cl)cc1)C2c1ccc(OCCCCl)cc1. The Kier molecular flexibility index (Phi) is 9.24. The van der Waals surface area contributed by atoms with Crippen LogP contribution in [-0.2, 0) is 6.42 Å². The minimum atomic E-state index is -0.422. The van der Waals surface area contributed by atoms with Gasteiger partial charge in [-0.3, -0.25) is 4.90 Å². The molecule has 1 N–H and O–H groups in total. The number of amides is 1. The molecule has 36 heavy (non-hydrogen) atoms. The number of aromatic nitrogens is 1. The molecule has 5 nitrogen and oxygen atoms in total. The molecule has 1 aliphatic rings. The Balaban J connectivity index is 1.73. The molecule has 2 heterocycles. The van der Waals surface area contributed by atoms with Crippen LogP contribution in [0.25, 0.3) is 12.2 Å². The monoisotopic (exact) mass is 546 g/mol. The Labute approximate surface area is 226 Å². The van der Waals surface area contributed by atoms with E-state index in [1.807, 2.05) is 30.3 Å². The number of ether oxygens (including phenoxy) is 2. The molecule has 2 aromatic carbocycles. The highest BCUT2D eigenvalue weighted by Crippen LogP contribution is 2.34. The third kappa shape index (κ3) is 6.03. The number of nitrogens with one attached hydrogen (secondary N) is 1. The van der Waals surface area contributed by atoms with E-state index in [1.54, 1.807) is 29.2 Å². The molecule has 1 atom stereocenters. The van der Waals surface area contributed by atoms with E-state index < -0.39 is 6.09 Å². The zero-order chi connectivity index (χ0) is 25.5. The summed E-state index contributed by atoms with van der Waals surface area (Å²) in [6.07, 6.45) is 6.11. The number of carbonyl (C=O) groups is 1. The summed E-state index contributed by atoms with van der Waals surface area (Å²) in [5.41, 5.74) is 3.11. The van der Waals surface area contributed by atoms with Gasteiger partial charge in [-0.05, 0) is 72.0 Å². The lowest BCUT2D eigenvalue weighted by atomic mass is 9.93. The molecule has 0 spiro atoms. The molecule has 0 radical (unpaired) electrons. The highest BCUT2D eigenvalue weighted by Gasteiger charge is 2.35. The average molecular weight is 548 g/mol. The van der Waals surface area contributed by atoms with Crippen molar-refractivity contribution in [3.05, 3.63) is 80.9 Å². The van der Waals surface area contributed by atoms with Crippen molar-refractivity contribution in [3.63, 3.8) is 0 Å². The molecule has 0 saturated carbocycles. The van der Waals surface area contributed by atoms with Crippen molar-refractivity contribution >= 4 is 53.0 Å². The Morgan fingerprint density at radius 3 is 2.47 bits per heavy atom. The first-order chi connectivity index (χ1) is 17.5. The molecule has 8 heteroatoms. The van der Waals surface area contributed by atoms with E-state index in [0.29, 0.717) is 42.1 Å². The molecule has 0 aliphatic carbocycles. The van der Waals surface area contributed by atoms with Gasteiger partial charge in [0, 0.05) is 34.4 Å². The maximum Gasteiger partial charge on any atom is 0.416 e. The van der Waals surface area contributed by atoms with Gasteiger partial charge >= 0.3 is 6.09 Å². The summed E-state index contributed by atoms with van der Waals surface area (Å²) in [6.45, 7) is 3.16. The third-order valence-electron chi connectivity index (χ3n) is 6.08. The van der Waals surface area contributed by atoms with Crippen molar-refractivity contribution in [3.8, 4) is 11.5 Å². The van der Waals surface area contributed by atoms with Gasteiger partial charge in [-0.2, -0.15) is 0 Å². The van der Waals surface area contributed by atoms with Gasteiger partial charge in [0.05, 0.1) is 6.61 Å². The summed E-state index contributed by atoms with van der Waals surface area (Å²) >= 11 is 17.9. The van der Waals surface area contributed by atoms with Crippen molar-refractivity contribution in [2.45, 2.75) is 32.2 Å². The zero-order valence-electron chi connectivity index (χ0n) is 20.1. The van der Waals surface area contributed by atoms with Gasteiger partial charge in [0.2, 0.25) is 0 Å². The first-order valence-electron chi connectivity index (χ1n) is 12.1. The molecule has 3 aromatic rings. The number of carbonyl (C=O) groups excluding carboxylic acids is 1. The van der Waals surface area contributed by atoms with Crippen LogP contribution in [0.2, 0.25) is 5.02 Å². The van der Waals surface area contributed by atoms with Crippen LogP contribution >= 0.6 is 34.8 Å². The van der Waals surface area contributed by atoms with Crippen LogP contribution in [0.3, 0.4) is 0 Å². The molecule has 4 rings (SSSR count). The highest BCUT2D eigenvalue weighted by atomic mass is 35.5. The summed E-state index contributed by atoms with van der Waals surface area (Å²) in [4.78, 5) is 18.8. The molecule has 1 aromatic heterocycles. The number of fused-ring (bicyclic) bond motifs is 1.